The van der Waals surface area contributed by atoms with E-state index in [9.17, 15) is 4.79 Å². The fourth-order valence-electron chi connectivity index (χ4n) is 1.97. The summed E-state index contributed by atoms with van der Waals surface area (Å²) < 4.78 is 0. The van der Waals surface area contributed by atoms with Crippen LogP contribution in [0.25, 0.3) is 0 Å². The Bertz CT molecular complexity index is 559. The molecule has 0 spiro atoms. The van der Waals surface area contributed by atoms with Crippen LogP contribution < -0.4 is 4.90 Å². The van der Waals surface area contributed by atoms with Gasteiger partial charge in [-0.05, 0) is 19.1 Å². The minimum absolute atomic E-state index is 0.0722. The Morgan fingerprint density at radius 1 is 1.00 bits per heavy atom. The van der Waals surface area contributed by atoms with E-state index >= 15 is 0 Å². The molecule has 2 heteroatoms. The van der Waals surface area contributed by atoms with Gasteiger partial charge < -0.3 is 4.90 Å². The Morgan fingerprint density at radius 3 is 2.28 bits per heavy atom. The van der Waals surface area contributed by atoms with Gasteiger partial charge in [0.25, 0.3) is 0 Å². The lowest BCUT2D eigenvalue weighted by molar-refractivity contribution is 0.103. The molecule has 0 saturated carbocycles. The van der Waals surface area contributed by atoms with Gasteiger partial charge in [0.15, 0.2) is 5.78 Å². The summed E-state index contributed by atoms with van der Waals surface area (Å²) in [6.07, 6.45) is 0. The molecular weight excluding hydrogens is 222 g/mol. The number of ketones is 1. The normalized spacial score (nSPS) is 10.2. The Morgan fingerprint density at radius 2 is 1.67 bits per heavy atom. The van der Waals surface area contributed by atoms with E-state index < -0.39 is 0 Å². The molecule has 18 heavy (non-hydrogen) atoms. The number of aryl methyl sites for hydroxylation is 1. The Balaban J connectivity index is 2.50. The van der Waals surface area contributed by atoms with Crippen LogP contribution in [0.3, 0.4) is 0 Å². The predicted octanol–water partition coefficient (Wildman–Crippen LogP) is 3.29. The molecule has 0 unspecified atom stereocenters. The van der Waals surface area contributed by atoms with E-state index in [-0.39, 0.29) is 5.78 Å². The van der Waals surface area contributed by atoms with Crippen LogP contribution in [0.15, 0.2) is 48.5 Å². The summed E-state index contributed by atoms with van der Waals surface area (Å²) >= 11 is 0. The van der Waals surface area contributed by atoms with E-state index in [0.29, 0.717) is 0 Å². The summed E-state index contributed by atoms with van der Waals surface area (Å²) in [5.41, 5.74) is 3.53. The molecule has 0 bridgehead atoms. The zero-order chi connectivity index (χ0) is 13.1. The quantitative estimate of drug-likeness (QED) is 0.766. The van der Waals surface area contributed by atoms with E-state index in [4.69, 9.17) is 0 Å². The second kappa shape index (κ2) is 5.05. The lowest BCUT2D eigenvalue weighted by Crippen LogP contribution is -2.14. The molecule has 0 aliphatic heterocycles. The maximum Gasteiger partial charge on any atom is 0.195 e. The van der Waals surface area contributed by atoms with Gasteiger partial charge >= 0.3 is 0 Å². The monoisotopic (exact) mass is 239 g/mol. The molecule has 0 radical (unpaired) electrons. The molecule has 0 aromatic heterocycles. The van der Waals surface area contributed by atoms with Gasteiger partial charge in [0.05, 0.1) is 0 Å². The van der Waals surface area contributed by atoms with Crippen molar-refractivity contribution in [2.45, 2.75) is 6.92 Å². The summed E-state index contributed by atoms with van der Waals surface area (Å²) in [7, 11) is 3.90. The second-order valence-corrected chi connectivity index (χ2v) is 4.61. The van der Waals surface area contributed by atoms with E-state index in [1.54, 1.807) is 0 Å². The Labute approximate surface area is 108 Å². The van der Waals surface area contributed by atoms with Gasteiger partial charge in [-0.2, -0.15) is 0 Å². The number of carbonyl (C=O) groups is 1. The van der Waals surface area contributed by atoms with E-state index in [2.05, 4.69) is 0 Å². The third-order valence-electron chi connectivity index (χ3n) is 2.91. The van der Waals surface area contributed by atoms with Gasteiger partial charge in [-0.3, -0.25) is 4.79 Å². The van der Waals surface area contributed by atoms with Crippen LogP contribution in [0, 0.1) is 6.92 Å². The molecule has 0 saturated heterocycles. The van der Waals surface area contributed by atoms with Crippen molar-refractivity contribution in [3.63, 3.8) is 0 Å². The van der Waals surface area contributed by atoms with Crippen LogP contribution in [0.2, 0.25) is 0 Å². The number of hydrogen-bond donors (Lipinski definition) is 0. The number of rotatable bonds is 3. The first-order valence-electron chi connectivity index (χ1n) is 5.97. The Hall–Kier alpha value is -2.09. The van der Waals surface area contributed by atoms with Gasteiger partial charge in [0.2, 0.25) is 0 Å². The summed E-state index contributed by atoms with van der Waals surface area (Å²) in [4.78, 5) is 14.5. The van der Waals surface area contributed by atoms with E-state index in [1.807, 2.05) is 74.4 Å². The molecule has 0 fully saturated rings. The maximum absolute atomic E-state index is 12.5. The minimum Gasteiger partial charge on any atom is -0.377 e. The molecule has 0 aliphatic carbocycles. The number of anilines is 1. The highest BCUT2D eigenvalue weighted by Crippen LogP contribution is 2.23. The van der Waals surface area contributed by atoms with Crippen LogP contribution in [-0.4, -0.2) is 19.9 Å². The molecule has 92 valence electrons. The van der Waals surface area contributed by atoms with E-state index in [0.717, 1.165) is 22.4 Å². The van der Waals surface area contributed by atoms with Crippen molar-refractivity contribution in [2.24, 2.45) is 0 Å². The van der Waals surface area contributed by atoms with Crippen molar-refractivity contribution in [3.05, 3.63) is 65.2 Å². The minimum atomic E-state index is 0.0722. The van der Waals surface area contributed by atoms with E-state index in [1.165, 1.54) is 0 Å². The van der Waals surface area contributed by atoms with Gasteiger partial charge in [-0.1, -0.05) is 42.0 Å². The number of hydrogen-bond acceptors (Lipinski definition) is 2. The third-order valence-corrected chi connectivity index (χ3v) is 2.91. The largest absolute Gasteiger partial charge is 0.377 e. The lowest BCUT2D eigenvalue weighted by Gasteiger charge is -2.17. The van der Waals surface area contributed by atoms with Crippen LogP contribution in [0.5, 0.6) is 0 Å². The van der Waals surface area contributed by atoms with Gasteiger partial charge in [-0.25, -0.2) is 0 Å². The standard InChI is InChI=1S/C16H17NO/c1-12-9-10-15(17(2)3)14(11-12)16(18)13-7-5-4-6-8-13/h4-11H,1-3H3. The molecule has 0 N–H and O–H groups in total. The average molecular weight is 239 g/mol. The molecule has 2 rings (SSSR count). The molecule has 2 aromatic rings. The Kier molecular flexibility index (Phi) is 3.47. The SMILES string of the molecule is Cc1ccc(N(C)C)c(C(=O)c2ccccc2)c1. The topological polar surface area (TPSA) is 20.3 Å². The van der Waals surface area contributed by atoms with Crippen molar-refractivity contribution >= 4 is 11.5 Å². The molecule has 0 aliphatic rings. The van der Waals surface area contributed by atoms with Crippen LogP contribution >= 0.6 is 0 Å². The smallest absolute Gasteiger partial charge is 0.195 e. The molecule has 2 aromatic carbocycles. The number of nitrogens with zero attached hydrogens (tertiary/aromatic N) is 1. The average Bonchev–Trinajstić information content (AvgIpc) is 2.38. The van der Waals surface area contributed by atoms with Crippen LogP contribution in [0.1, 0.15) is 21.5 Å². The van der Waals surface area contributed by atoms with Crippen molar-refractivity contribution in [2.75, 3.05) is 19.0 Å². The van der Waals surface area contributed by atoms with Gasteiger partial charge in [0.1, 0.15) is 0 Å². The molecule has 2 nitrogen and oxygen atoms in total. The maximum atomic E-state index is 12.5. The molecule has 0 amide bonds. The molecule has 0 heterocycles. The summed E-state index contributed by atoms with van der Waals surface area (Å²) in [5.74, 6) is 0.0722. The highest BCUT2D eigenvalue weighted by Gasteiger charge is 2.14. The first kappa shape index (κ1) is 12.4. The zero-order valence-corrected chi connectivity index (χ0v) is 11.0. The van der Waals surface area contributed by atoms with Gasteiger partial charge in [-0.15, -0.1) is 0 Å². The molecular formula is C16H17NO. The number of benzene rings is 2. The van der Waals surface area contributed by atoms with Crippen molar-refractivity contribution in [3.8, 4) is 0 Å². The van der Waals surface area contributed by atoms with Crippen molar-refractivity contribution in [1.82, 2.24) is 0 Å². The first-order chi connectivity index (χ1) is 8.59. The van der Waals surface area contributed by atoms with Gasteiger partial charge in [0, 0.05) is 30.9 Å². The van der Waals surface area contributed by atoms with Crippen molar-refractivity contribution in [1.29, 1.82) is 0 Å². The zero-order valence-electron chi connectivity index (χ0n) is 11.0. The summed E-state index contributed by atoms with van der Waals surface area (Å²) in [6.45, 7) is 2.00. The summed E-state index contributed by atoms with van der Waals surface area (Å²) in [5, 5.41) is 0. The number of carbonyl (C=O) groups excluding carboxylic acids is 1. The lowest BCUT2D eigenvalue weighted by atomic mass is 9.99. The van der Waals surface area contributed by atoms with Crippen molar-refractivity contribution < 1.29 is 4.79 Å². The third kappa shape index (κ3) is 2.43. The highest BCUT2D eigenvalue weighted by atomic mass is 16.1. The first-order valence-corrected chi connectivity index (χ1v) is 5.97. The van der Waals surface area contributed by atoms with Crippen LogP contribution in [-0.2, 0) is 0 Å². The fraction of sp³-hybridized carbons (Fsp3) is 0.188. The highest BCUT2D eigenvalue weighted by molar-refractivity contribution is 6.12. The predicted molar refractivity (Wildman–Crippen MR) is 75.4 cm³/mol. The summed E-state index contributed by atoms with van der Waals surface area (Å²) in [6, 6.07) is 15.4. The second-order valence-electron chi connectivity index (χ2n) is 4.61. The fourth-order valence-corrected chi connectivity index (χ4v) is 1.97. The van der Waals surface area contributed by atoms with Crippen LogP contribution in [0.4, 0.5) is 5.69 Å². The molecule has 0 atom stereocenters.